The van der Waals surface area contributed by atoms with Crippen molar-refractivity contribution in [1.29, 1.82) is 0 Å². The van der Waals surface area contributed by atoms with E-state index in [4.69, 9.17) is 11.6 Å². The molecule has 120 valence electrons. The molecule has 2 rings (SSSR count). The van der Waals surface area contributed by atoms with Crippen LogP contribution in [-0.2, 0) is 9.59 Å². The highest BCUT2D eigenvalue weighted by molar-refractivity contribution is 6.34. The van der Waals surface area contributed by atoms with Gasteiger partial charge in [0.2, 0.25) is 5.91 Å². The summed E-state index contributed by atoms with van der Waals surface area (Å²) in [6.07, 6.45) is 2.43. The van der Waals surface area contributed by atoms with Crippen LogP contribution in [0.25, 0.3) is 0 Å². The number of anilines is 2. The third kappa shape index (κ3) is 5.00. The number of nitrogens with one attached hydrogen (secondary N) is 3. The molecule has 2 amide bonds. The van der Waals surface area contributed by atoms with Gasteiger partial charge in [0.25, 0.3) is 5.91 Å². The normalized spacial score (nSPS) is 21.2. The molecule has 0 aromatic heterocycles. The smallest absolute Gasteiger partial charge is 0.279 e. The lowest BCUT2D eigenvalue weighted by molar-refractivity contribution is -0.900. The van der Waals surface area contributed by atoms with Crippen LogP contribution in [0.1, 0.15) is 26.7 Å². The molecule has 0 aliphatic carbocycles. The fourth-order valence-electron chi connectivity index (χ4n) is 2.88. The Labute approximate surface area is 136 Å². The number of benzene rings is 1. The standard InChI is InChI=1S/C16H22ClN3O2/c1-11-4-3-7-20(9-11)10-16(22)19-15-6-5-13(8-14(15)17)18-12(2)21/h5-6,8,11H,3-4,7,9-10H2,1-2H3,(H,18,21)(H,19,22)/p+1/t11-/m1/s1. The van der Waals surface area contributed by atoms with E-state index in [0.29, 0.717) is 28.9 Å². The number of carbonyl (C=O) groups excluding carboxylic acids is 2. The van der Waals surface area contributed by atoms with E-state index in [9.17, 15) is 9.59 Å². The van der Waals surface area contributed by atoms with E-state index in [-0.39, 0.29) is 11.8 Å². The van der Waals surface area contributed by atoms with Gasteiger partial charge in [-0.3, -0.25) is 9.59 Å². The largest absolute Gasteiger partial charge is 0.327 e. The Bertz CT molecular complexity index is 562. The minimum atomic E-state index is -0.157. The van der Waals surface area contributed by atoms with Gasteiger partial charge in [0.1, 0.15) is 0 Å². The molecule has 1 aliphatic heterocycles. The third-order valence-electron chi connectivity index (χ3n) is 3.84. The van der Waals surface area contributed by atoms with Crippen LogP contribution in [0.2, 0.25) is 5.02 Å². The number of likely N-dealkylation sites (tertiary alicyclic amines) is 1. The number of rotatable bonds is 4. The number of hydrogen-bond donors (Lipinski definition) is 3. The van der Waals surface area contributed by atoms with Gasteiger partial charge in [-0.1, -0.05) is 18.5 Å². The molecule has 1 saturated heterocycles. The van der Waals surface area contributed by atoms with E-state index < -0.39 is 0 Å². The summed E-state index contributed by atoms with van der Waals surface area (Å²) in [5.74, 6) is 0.492. The van der Waals surface area contributed by atoms with E-state index >= 15 is 0 Å². The minimum Gasteiger partial charge on any atom is -0.327 e. The lowest BCUT2D eigenvalue weighted by Crippen LogP contribution is -3.14. The zero-order valence-electron chi connectivity index (χ0n) is 13.0. The van der Waals surface area contributed by atoms with Gasteiger partial charge >= 0.3 is 0 Å². The van der Waals surface area contributed by atoms with Gasteiger partial charge in [0, 0.05) is 18.5 Å². The zero-order valence-corrected chi connectivity index (χ0v) is 13.8. The van der Waals surface area contributed by atoms with E-state index in [0.717, 1.165) is 13.1 Å². The molecule has 1 unspecified atom stereocenters. The first-order valence-electron chi connectivity index (χ1n) is 7.64. The molecule has 0 spiro atoms. The summed E-state index contributed by atoms with van der Waals surface area (Å²) >= 11 is 6.15. The molecule has 1 aliphatic rings. The van der Waals surface area contributed by atoms with E-state index in [1.54, 1.807) is 18.2 Å². The van der Waals surface area contributed by atoms with Crippen molar-refractivity contribution in [3.8, 4) is 0 Å². The Balaban J connectivity index is 1.92. The first-order valence-corrected chi connectivity index (χ1v) is 8.02. The molecule has 0 saturated carbocycles. The zero-order chi connectivity index (χ0) is 16.1. The fraction of sp³-hybridized carbons (Fsp3) is 0.500. The Morgan fingerprint density at radius 1 is 1.36 bits per heavy atom. The van der Waals surface area contributed by atoms with Crippen LogP contribution >= 0.6 is 11.6 Å². The summed E-state index contributed by atoms with van der Waals surface area (Å²) in [5, 5.41) is 5.92. The maximum Gasteiger partial charge on any atom is 0.279 e. The van der Waals surface area contributed by atoms with Crippen LogP contribution in [0.5, 0.6) is 0 Å². The molecule has 1 fully saturated rings. The van der Waals surface area contributed by atoms with Gasteiger partial charge < -0.3 is 15.5 Å². The highest BCUT2D eigenvalue weighted by Crippen LogP contribution is 2.25. The average molecular weight is 325 g/mol. The van der Waals surface area contributed by atoms with Crippen molar-refractivity contribution in [2.45, 2.75) is 26.7 Å². The maximum absolute atomic E-state index is 12.1. The number of piperidine rings is 1. The van der Waals surface area contributed by atoms with Crippen molar-refractivity contribution < 1.29 is 14.5 Å². The van der Waals surface area contributed by atoms with Gasteiger partial charge in [-0.15, -0.1) is 0 Å². The molecule has 1 aromatic rings. The average Bonchev–Trinajstić information content (AvgIpc) is 2.41. The number of amides is 2. The van der Waals surface area contributed by atoms with Crippen LogP contribution in [0.4, 0.5) is 11.4 Å². The molecule has 3 N–H and O–H groups in total. The van der Waals surface area contributed by atoms with Crippen molar-refractivity contribution in [2.24, 2.45) is 5.92 Å². The van der Waals surface area contributed by atoms with Crippen molar-refractivity contribution >= 4 is 34.8 Å². The van der Waals surface area contributed by atoms with Crippen LogP contribution in [0, 0.1) is 5.92 Å². The molecule has 0 bridgehead atoms. The predicted octanol–water partition coefficient (Wildman–Crippen LogP) is 1.55. The summed E-state index contributed by atoms with van der Waals surface area (Å²) in [6.45, 7) is 6.23. The third-order valence-corrected chi connectivity index (χ3v) is 4.15. The molecule has 5 nitrogen and oxygen atoms in total. The Kier molecular flexibility index (Phi) is 5.80. The predicted molar refractivity (Wildman–Crippen MR) is 88.3 cm³/mol. The monoisotopic (exact) mass is 324 g/mol. The maximum atomic E-state index is 12.1. The SMILES string of the molecule is CC(=O)Nc1ccc(NC(=O)C[NH+]2CCC[C@@H](C)C2)c(Cl)c1. The molecule has 6 heteroatoms. The molecular weight excluding hydrogens is 302 g/mol. The highest BCUT2D eigenvalue weighted by atomic mass is 35.5. The number of carbonyl (C=O) groups is 2. The van der Waals surface area contributed by atoms with Crippen molar-refractivity contribution in [1.82, 2.24) is 0 Å². The Hall–Kier alpha value is -1.59. The second kappa shape index (κ2) is 7.61. The van der Waals surface area contributed by atoms with E-state index in [1.165, 1.54) is 24.7 Å². The van der Waals surface area contributed by atoms with Crippen LogP contribution in [0.15, 0.2) is 18.2 Å². The molecule has 0 radical (unpaired) electrons. The van der Waals surface area contributed by atoms with Crippen molar-refractivity contribution in [3.63, 3.8) is 0 Å². The number of quaternary nitrogens is 1. The summed E-state index contributed by atoms with van der Waals surface area (Å²) in [4.78, 5) is 24.5. The molecule has 2 atom stereocenters. The number of halogens is 1. The summed E-state index contributed by atoms with van der Waals surface area (Å²) in [6, 6.07) is 5.06. The first-order chi connectivity index (χ1) is 10.4. The summed E-state index contributed by atoms with van der Waals surface area (Å²) in [5.41, 5.74) is 1.19. The van der Waals surface area contributed by atoms with Crippen LogP contribution < -0.4 is 15.5 Å². The fourth-order valence-corrected chi connectivity index (χ4v) is 3.10. The summed E-state index contributed by atoms with van der Waals surface area (Å²) < 4.78 is 0. The van der Waals surface area contributed by atoms with Crippen molar-refractivity contribution in [2.75, 3.05) is 30.3 Å². The second-order valence-electron chi connectivity index (χ2n) is 6.05. The second-order valence-corrected chi connectivity index (χ2v) is 6.46. The van der Waals surface area contributed by atoms with Crippen LogP contribution in [-0.4, -0.2) is 31.4 Å². The van der Waals surface area contributed by atoms with Gasteiger partial charge in [-0.25, -0.2) is 0 Å². The van der Waals surface area contributed by atoms with Gasteiger partial charge in [0.05, 0.1) is 23.8 Å². The van der Waals surface area contributed by atoms with E-state index in [1.807, 2.05) is 0 Å². The Morgan fingerprint density at radius 2 is 2.14 bits per heavy atom. The van der Waals surface area contributed by atoms with Crippen LogP contribution in [0.3, 0.4) is 0 Å². The quantitative estimate of drug-likeness (QED) is 0.787. The summed E-state index contributed by atoms with van der Waals surface area (Å²) in [7, 11) is 0. The Morgan fingerprint density at radius 3 is 2.77 bits per heavy atom. The van der Waals surface area contributed by atoms with Gasteiger partial charge in [-0.2, -0.15) is 0 Å². The molecule has 22 heavy (non-hydrogen) atoms. The van der Waals surface area contributed by atoms with Gasteiger partial charge in [-0.05, 0) is 31.0 Å². The lowest BCUT2D eigenvalue weighted by Gasteiger charge is -2.27. The lowest BCUT2D eigenvalue weighted by atomic mass is 10.0. The highest BCUT2D eigenvalue weighted by Gasteiger charge is 2.22. The topological polar surface area (TPSA) is 62.6 Å². The number of hydrogen-bond acceptors (Lipinski definition) is 2. The molecule has 1 aromatic carbocycles. The van der Waals surface area contributed by atoms with E-state index in [2.05, 4.69) is 17.6 Å². The molecular formula is C16H23ClN3O2+. The van der Waals surface area contributed by atoms with Gasteiger partial charge in [0.15, 0.2) is 6.54 Å². The molecule has 1 heterocycles. The minimum absolute atomic E-state index is 0.0294. The van der Waals surface area contributed by atoms with Crippen molar-refractivity contribution in [3.05, 3.63) is 23.2 Å². The first kappa shape index (κ1) is 16.8.